The highest BCUT2D eigenvalue weighted by Gasteiger charge is 2.40. The highest BCUT2D eigenvalue weighted by Crippen LogP contribution is 2.44. The molecule has 1 aliphatic carbocycles. The fourth-order valence-corrected chi connectivity index (χ4v) is 4.26. The first-order valence-corrected chi connectivity index (χ1v) is 11.4. The maximum atomic E-state index is 13.0. The summed E-state index contributed by atoms with van der Waals surface area (Å²) in [4.78, 5) is 37.5. The molecule has 0 spiro atoms. The molecule has 3 rings (SSSR count). The Labute approximate surface area is 205 Å². The van der Waals surface area contributed by atoms with Crippen LogP contribution in [0.3, 0.4) is 0 Å². The van der Waals surface area contributed by atoms with Crippen LogP contribution in [0.5, 0.6) is 0 Å². The van der Waals surface area contributed by atoms with Crippen LogP contribution in [-0.2, 0) is 19.1 Å². The molecule has 3 N–H and O–H groups in total. The predicted octanol–water partition coefficient (Wildman–Crippen LogP) is 3.30. The van der Waals surface area contributed by atoms with Crippen molar-refractivity contribution < 1.29 is 29.0 Å². The van der Waals surface area contributed by atoms with Crippen molar-refractivity contribution in [3.05, 3.63) is 59.7 Å². The van der Waals surface area contributed by atoms with Crippen molar-refractivity contribution in [1.82, 2.24) is 10.6 Å². The minimum Gasteiger partial charge on any atom is -0.479 e. The van der Waals surface area contributed by atoms with E-state index in [-0.39, 0.29) is 32.0 Å². The van der Waals surface area contributed by atoms with Crippen LogP contribution < -0.4 is 10.6 Å². The van der Waals surface area contributed by atoms with Crippen molar-refractivity contribution in [2.75, 3.05) is 20.3 Å². The van der Waals surface area contributed by atoms with E-state index in [1.807, 2.05) is 48.5 Å². The summed E-state index contributed by atoms with van der Waals surface area (Å²) in [7, 11) is 1.36. The summed E-state index contributed by atoms with van der Waals surface area (Å²) in [5.74, 6) is 3.42. The number of methoxy groups -OCH3 is 1. The van der Waals surface area contributed by atoms with E-state index in [4.69, 9.17) is 9.47 Å². The van der Waals surface area contributed by atoms with E-state index in [0.29, 0.717) is 0 Å². The first-order chi connectivity index (χ1) is 16.9. The number of aliphatic carboxylic acids is 1. The van der Waals surface area contributed by atoms with E-state index in [1.165, 1.54) is 7.11 Å². The van der Waals surface area contributed by atoms with Crippen molar-refractivity contribution in [1.29, 1.82) is 0 Å². The van der Waals surface area contributed by atoms with Gasteiger partial charge >= 0.3 is 12.1 Å². The van der Waals surface area contributed by atoms with Gasteiger partial charge in [-0.3, -0.25) is 4.79 Å². The lowest BCUT2D eigenvalue weighted by molar-refractivity contribution is -0.150. The Morgan fingerprint density at radius 2 is 1.69 bits per heavy atom. The van der Waals surface area contributed by atoms with Crippen LogP contribution in [0, 0.1) is 11.8 Å². The van der Waals surface area contributed by atoms with Gasteiger partial charge in [0, 0.05) is 19.4 Å². The molecule has 2 atom stereocenters. The first kappa shape index (κ1) is 25.8. The largest absolute Gasteiger partial charge is 0.479 e. The number of carbonyl (C=O) groups is 3. The Kier molecular flexibility index (Phi) is 8.50. The highest BCUT2D eigenvalue weighted by atomic mass is 16.5. The maximum absolute atomic E-state index is 13.0. The predicted molar refractivity (Wildman–Crippen MR) is 131 cm³/mol. The Morgan fingerprint density at radius 3 is 2.20 bits per heavy atom. The van der Waals surface area contributed by atoms with Gasteiger partial charge in [-0.1, -0.05) is 55.5 Å². The van der Waals surface area contributed by atoms with Gasteiger partial charge in [0.15, 0.2) is 5.54 Å². The van der Waals surface area contributed by atoms with Gasteiger partial charge in [0.2, 0.25) is 5.91 Å². The molecule has 0 aliphatic heterocycles. The number of rotatable bonds is 10. The second-order valence-corrected chi connectivity index (χ2v) is 8.32. The summed E-state index contributed by atoms with van der Waals surface area (Å²) >= 11 is 0. The zero-order chi connectivity index (χ0) is 25.4. The summed E-state index contributed by atoms with van der Waals surface area (Å²) in [6.45, 7) is 3.11. The number of alkyl carbamates (subject to hydrolysis) is 1. The molecule has 2 unspecified atom stereocenters. The molecule has 8 nitrogen and oxygen atoms in total. The molecule has 35 heavy (non-hydrogen) atoms. The van der Waals surface area contributed by atoms with Gasteiger partial charge in [-0.15, -0.1) is 11.8 Å². The quantitative estimate of drug-likeness (QED) is 0.452. The van der Waals surface area contributed by atoms with Crippen molar-refractivity contribution >= 4 is 18.0 Å². The molecule has 0 heterocycles. The number of carboxylic acids is 1. The summed E-state index contributed by atoms with van der Waals surface area (Å²) in [5, 5.41) is 14.7. The Hall–Kier alpha value is -3.83. The monoisotopic (exact) mass is 478 g/mol. The Balaban J connectivity index is 1.71. The smallest absolute Gasteiger partial charge is 0.407 e. The molecule has 1 aliphatic rings. The highest BCUT2D eigenvalue weighted by molar-refractivity contribution is 5.91. The van der Waals surface area contributed by atoms with E-state index in [0.717, 1.165) is 22.3 Å². The minimum atomic E-state index is -1.62. The Morgan fingerprint density at radius 1 is 1.09 bits per heavy atom. The zero-order valence-electron chi connectivity index (χ0n) is 20.1. The molecule has 0 saturated heterocycles. The molecule has 0 bridgehead atoms. The Bertz CT molecular complexity index is 1110. The average Bonchev–Trinajstić information content (AvgIpc) is 3.18. The van der Waals surface area contributed by atoms with E-state index < -0.39 is 29.6 Å². The lowest BCUT2D eigenvalue weighted by Crippen LogP contribution is -2.61. The van der Waals surface area contributed by atoms with Crippen LogP contribution in [0.1, 0.15) is 43.7 Å². The van der Waals surface area contributed by atoms with E-state index >= 15 is 0 Å². The fraction of sp³-hybridized carbons (Fsp3) is 0.370. The van der Waals surface area contributed by atoms with Gasteiger partial charge in [-0.25, -0.2) is 9.59 Å². The second kappa shape index (κ2) is 11.5. The molecule has 2 aromatic carbocycles. The number of hydrogen-bond donors (Lipinski definition) is 3. The normalized spacial score (nSPS) is 14.4. The van der Waals surface area contributed by atoms with Gasteiger partial charge in [0.25, 0.3) is 0 Å². The standard InChI is InChI=1S/C27H30N2O6/c1-4-6-15-23(24(30)29-27(5-2,17-34-3)25(31)32)28-26(33)35-16-22-20-13-9-7-11-18(20)19-12-8-10-14-21(19)22/h7-14,22-23H,5,15-17H2,1-3H3,(H,28,33)(H,29,30)(H,31,32). The molecule has 0 saturated carbocycles. The number of carbonyl (C=O) groups excluding carboxylic acids is 2. The number of benzene rings is 2. The number of nitrogens with one attached hydrogen (secondary N) is 2. The van der Waals surface area contributed by atoms with E-state index in [9.17, 15) is 19.5 Å². The van der Waals surface area contributed by atoms with Crippen LogP contribution >= 0.6 is 0 Å². The molecule has 8 heteroatoms. The lowest BCUT2D eigenvalue weighted by Gasteiger charge is -2.30. The van der Waals surface area contributed by atoms with E-state index in [2.05, 4.69) is 22.5 Å². The van der Waals surface area contributed by atoms with Crippen molar-refractivity contribution in [2.24, 2.45) is 0 Å². The second-order valence-electron chi connectivity index (χ2n) is 8.32. The molecule has 0 fully saturated rings. The molecule has 184 valence electrons. The molecule has 2 amide bonds. The zero-order valence-corrected chi connectivity index (χ0v) is 20.1. The molecular formula is C27H30N2O6. The van der Waals surface area contributed by atoms with Crippen LogP contribution in [0.4, 0.5) is 4.79 Å². The number of carboxylic acid groups (broad SMARTS) is 1. The summed E-state index contributed by atoms with van der Waals surface area (Å²) < 4.78 is 10.6. The average molecular weight is 479 g/mol. The van der Waals surface area contributed by atoms with Crippen molar-refractivity contribution in [3.63, 3.8) is 0 Å². The summed E-state index contributed by atoms with van der Waals surface area (Å²) in [6, 6.07) is 14.9. The van der Waals surface area contributed by atoms with E-state index in [1.54, 1.807) is 13.8 Å². The topological polar surface area (TPSA) is 114 Å². The summed E-state index contributed by atoms with van der Waals surface area (Å²) in [5.41, 5.74) is 2.74. The van der Waals surface area contributed by atoms with Gasteiger partial charge < -0.3 is 25.2 Å². The number of amides is 2. The molecule has 0 radical (unpaired) electrons. The van der Waals surface area contributed by atoms with Crippen LogP contribution in [-0.4, -0.2) is 55.0 Å². The number of ether oxygens (including phenoxy) is 2. The minimum absolute atomic E-state index is 0.00107. The van der Waals surface area contributed by atoms with Crippen LogP contribution in [0.15, 0.2) is 48.5 Å². The number of fused-ring (bicyclic) bond motifs is 3. The first-order valence-electron chi connectivity index (χ1n) is 11.4. The van der Waals surface area contributed by atoms with Gasteiger partial charge in [-0.05, 0) is 35.6 Å². The van der Waals surface area contributed by atoms with Gasteiger partial charge in [-0.2, -0.15) is 0 Å². The third-order valence-electron chi connectivity index (χ3n) is 6.20. The third-order valence-corrected chi connectivity index (χ3v) is 6.20. The SMILES string of the molecule is CC#CCC(NC(=O)OCC1c2ccccc2-c2ccccc21)C(=O)NC(CC)(COC)C(=O)O. The lowest BCUT2D eigenvalue weighted by atomic mass is 9.96. The maximum Gasteiger partial charge on any atom is 0.407 e. The number of hydrogen-bond acceptors (Lipinski definition) is 5. The third kappa shape index (κ3) is 5.64. The van der Waals surface area contributed by atoms with Crippen LogP contribution in [0.2, 0.25) is 0 Å². The molecule has 0 aromatic heterocycles. The van der Waals surface area contributed by atoms with Gasteiger partial charge in [0.05, 0.1) is 6.61 Å². The molecule has 2 aromatic rings. The molecular weight excluding hydrogens is 448 g/mol. The summed E-state index contributed by atoms with van der Waals surface area (Å²) in [6.07, 6.45) is -0.688. The van der Waals surface area contributed by atoms with Gasteiger partial charge in [0.1, 0.15) is 12.6 Å². The van der Waals surface area contributed by atoms with Crippen LogP contribution in [0.25, 0.3) is 11.1 Å². The fourth-order valence-electron chi connectivity index (χ4n) is 4.26. The van der Waals surface area contributed by atoms with Crippen molar-refractivity contribution in [2.45, 2.75) is 44.2 Å². The van der Waals surface area contributed by atoms with Crippen molar-refractivity contribution in [3.8, 4) is 23.0 Å².